The second-order valence-corrected chi connectivity index (χ2v) is 1.18. The fourth-order valence-corrected chi connectivity index (χ4v) is 0.183. The summed E-state index contributed by atoms with van der Waals surface area (Å²) < 4.78 is 0. The highest BCUT2D eigenvalue weighted by molar-refractivity contribution is 5.16. The van der Waals surface area contributed by atoms with Crippen LogP contribution in [0.1, 0.15) is 6.92 Å². The monoisotopic (exact) mass is 97.1 g/mol. The van der Waals surface area contributed by atoms with Gasteiger partial charge in [0, 0.05) is 5.57 Å². The lowest BCUT2D eigenvalue weighted by atomic mass is 10.3. The molecule has 0 aliphatic rings. The minimum Gasteiger partial charge on any atom is -0.392 e. The number of rotatable bonds is 1. The quantitative estimate of drug-likeness (QED) is 0.483. The zero-order chi connectivity index (χ0) is 5.70. The van der Waals surface area contributed by atoms with Crippen LogP contribution in [0.4, 0.5) is 0 Å². The highest BCUT2D eigenvalue weighted by Crippen LogP contribution is 1.84. The van der Waals surface area contributed by atoms with Gasteiger partial charge in [0.05, 0.1) is 12.7 Å². The van der Waals surface area contributed by atoms with E-state index in [4.69, 9.17) is 10.4 Å². The lowest BCUT2D eigenvalue weighted by Crippen LogP contribution is -1.73. The van der Waals surface area contributed by atoms with Crippen LogP contribution in [0.15, 0.2) is 11.6 Å². The first kappa shape index (κ1) is 6.19. The van der Waals surface area contributed by atoms with E-state index in [-0.39, 0.29) is 6.61 Å². The molecule has 0 heterocycles. The van der Waals surface area contributed by atoms with Crippen molar-refractivity contribution < 1.29 is 5.11 Å². The Bertz CT molecular complexity index is 110. The van der Waals surface area contributed by atoms with Crippen molar-refractivity contribution >= 4 is 0 Å². The third-order valence-corrected chi connectivity index (χ3v) is 0.574. The second kappa shape index (κ2) is 3.38. The number of aliphatic hydroxyl groups is 1. The van der Waals surface area contributed by atoms with E-state index in [9.17, 15) is 0 Å². The highest BCUT2D eigenvalue weighted by atomic mass is 16.2. The molecule has 0 radical (unpaired) electrons. The van der Waals surface area contributed by atoms with Gasteiger partial charge in [0.25, 0.3) is 0 Å². The van der Waals surface area contributed by atoms with Crippen LogP contribution in [-0.2, 0) is 0 Å². The average molecular weight is 97.1 g/mol. The molecule has 0 aromatic carbocycles. The molecule has 2 nitrogen and oxygen atoms in total. The fraction of sp³-hybridized carbons (Fsp3) is 0.400. The molecule has 0 aliphatic carbocycles. The molecule has 0 saturated carbocycles. The zero-order valence-electron chi connectivity index (χ0n) is 4.18. The number of hydrogen-bond donors (Lipinski definition) is 1. The van der Waals surface area contributed by atoms with Gasteiger partial charge < -0.3 is 5.11 Å². The van der Waals surface area contributed by atoms with Gasteiger partial charge in [-0.3, -0.25) is 0 Å². The van der Waals surface area contributed by atoms with Crippen LogP contribution >= 0.6 is 0 Å². The highest BCUT2D eigenvalue weighted by Gasteiger charge is 1.76. The normalized spacial score (nSPS) is 10.7. The molecule has 2 heteroatoms. The first-order chi connectivity index (χ1) is 3.31. The van der Waals surface area contributed by atoms with E-state index in [1.165, 1.54) is 6.08 Å². The summed E-state index contributed by atoms with van der Waals surface area (Å²) in [5.41, 5.74) is 0.558. The number of nitriles is 1. The van der Waals surface area contributed by atoms with E-state index in [1.807, 2.05) is 6.07 Å². The van der Waals surface area contributed by atoms with Crippen molar-refractivity contribution in [2.24, 2.45) is 0 Å². The van der Waals surface area contributed by atoms with Crippen LogP contribution in [0.25, 0.3) is 0 Å². The molecule has 38 valence electrons. The maximum atomic E-state index is 8.14. The molecule has 0 rings (SSSR count). The van der Waals surface area contributed by atoms with Gasteiger partial charge in [-0.15, -0.1) is 0 Å². The Kier molecular flexibility index (Phi) is 2.99. The SMILES string of the molecule is C/C(C#N)=C\CO. The number of nitrogens with zero attached hydrogens (tertiary/aromatic N) is 1. The molecule has 0 fully saturated rings. The largest absolute Gasteiger partial charge is 0.392 e. The molecule has 0 spiro atoms. The summed E-state index contributed by atoms with van der Waals surface area (Å²) in [4.78, 5) is 0. The maximum Gasteiger partial charge on any atom is 0.0941 e. The molecule has 0 bridgehead atoms. The van der Waals surface area contributed by atoms with E-state index >= 15 is 0 Å². The summed E-state index contributed by atoms with van der Waals surface area (Å²) in [5.74, 6) is 0. The third kappa shape index (κ3) is 3.01. The standard InChI is InChI=1S/C5H7NO/c1-5(4-6)2-3-7/h2,7H,3H2,1H3/b5-2+. The van der Waals surface area contributed by atoms with Gasteiger partial charge in [0.1, 0.15) is 0 Å². The van der Waals surface area contributed by atoms with E-state index in [0.717, 1.165) is 0 Å². The van der Waals surface area contributed by atoms with Crippen LogP contribution < -0.4 is 0 Å². The average Bonchev–Trinajstić information content (AvgIpc) is 1.68. The molecule has 0 unspecified atom stereocenters. The van der Waals surface area contributed by atoms with Crippen LogP contribution in [-0.4, -0.2) is 11.7 Å². The van der Waals surface area contributed by atoms with Crippen LogP contribution in [0.3, 0.4) is 0 Å². The third-order valence-electron chi connectivity index (χ3n) is 0.574. The number of allylic oxidation sites excluding steroid dienone is 1. The minimum absolute atomic E-state index is 0.0423. The molecule has 0 saturated heterocycles. The van der Waals surface area contributed by atoms with Gasteiger partial charge in [0.2, 0.25) is 0 Å². The Morgan fingerprint density at radius 3 is 2.71 bits per heavy atom. The topological polar surface area (TPSA) is 44.0 Å². The smallest absolute Gasteiger partial charge is 0.0941 e. The second-order valence-electron chi connectivity index (χ2n) is 1.18. The first-order valence-corrected chi connectivity index (χ1v) is 1.99. The van der Waals surface area contributed by atoms with Gasteiger partial charge in [-0.05, 0) is 13.0 Å². The van der Waals surface area contributed by atoms with Crippen molar-refractivity contribution in [3.8, 4) is 6.07 Å². The number of aliphatic hydroxyl groups excluding tert-OH is 1. The van der Waals surface area contributed by atoms with E-state index < -0.39 is 0 Å². The molecule has 1 N–H and O–H groups in total. The van der Waals surface area contributed by atoms with Crippen molar-refractivity contribution in [2.75, 3.05) is 6.61 Å². The molecule has 7 heavy (non-hydrogen) atoms. The van der Waals surface area contributed by atoms with Gasteiger partial charge in [-0.2, -0.15) is 5.26 Å². The summed E-state index contributed by atoms with van der Waals surface area (Å²) in [5, 5.41) is 16.2. The van der Waals surface area contributed by atoms with Gasteiger partial charge in [0.15, 0.2) is 0 Å². The van der Waals surface area contributed by atoms with Gasteiger partial charge >= 0.3 is 0 Å². The van der Waals surface area contributed by atoms with Crippen molar-refractivity contribution in [3.63, 3.8) is 0 Å². The maximum absolute atomic E-state index is 8.14. The lowest BCUT2D eigenvalue weighted by Gasteiger charge is -1.77. The summed E-state index contributed by atoms with van der Waals surface area (Å²) in [6, 6.07) is 1.87. The molecule has 0 atom stereocenters. The van der Waals surface area contributed by atoms with Crippen molar-refractivity contribution in [1.82, 2.24) is 0 Å². The molecular weight excluding hydrogens is 90.1 g/mol. The van der Waals surface area contributed by atoms with E-state index in [0.29, 0.717) is 5.57 Å². The predicted octanol–water partition coefficient (Wildman–Crippen LogP) is 0.449. The molecule has 0 aromatic heterocycles. The fourth-order valence-electron chi connectivity index (χ4n) is 0.183. The van der Waals surface area contributed by atoms with Crippen molar-refractivity contribution in [2.45, 2.75) is 6.92 Å². The summed E-state index contributed by atoms with van der Waals surface area (Å²) in [7, 11) is 0. The Balaban J connectivity index is 3.57. The molecule has 0 aliphatic heterocycles. The van der Waals surface area contributed by atoms with E-state index in [1.54, 1.807) is 6.92 Å². The summed E-state index contributed by atoms with van der Waals surface area (Å²) in [6.45, 7) is 1.61. The first-order valence-electron chi connectivity index (χ1n) is 1.99. The van der Waals surface area contributed by atoms with Crippen LogP contribution in [0, 0.1) is 11.3 Å². The molecule has 0 aromatic rings. The van der Waals surface area contributed by atoms with Crippen molar-refractivity contribution in [3.05, 3.63) is 11.6 Å². The van der Waals surface area contributed by atoms with Crippen LogP contribution in [0.2, 0.25) is 0 Å². The van der Waals surface area contributed by atoms with Crippen LogP contribution in [0.5, 0.6) is 0 Å². The lowest BCUT2D eigenvalue weighted by molar-refractivity contribution is 0.342. The van der Waals surface area contributed by atoms with Gasteiger partial charge in [-0.25, -0.2) is 0 Å². The summed E-state index contributed by atoms with van der Waals surface area (Å²) >= 11 is 0. The summed E-state index contributed by atoms with van der Waals surface area (Å²) in [6.07, 6.45) is 1.46. The van der Waals surface area contributed by atoms with E-state index in [2.05, 4.69) is 0 Å². The Labute approximate surface area is 42.7 Å². The minimum atomic E-state index is -0.0423. The zero-order valence-corrected chi connectivity index (χ0v) is 4.18. The Morgan fingerprint density at radius 2 is 2.57 bits per heavy atom. The van der Waals surface area contributed by atoms with Gasteiger partial charge in [-0.1, -0.05) is 0 Å². The Morgan fingerprint density at radius 1 is 2.00 bits per heavy atom. The number of hydrogen-bond acceptors (Lipinski definition) is 2. The molecule has 0 amide bonds. The molecular formula is C5H7NO. The van der Waals surface area contributed by atoms with Crippen molar-refractivity contribution in [1.29, 1.82) is 5.26 Å². The predicted molar refractivity (Wildman–Crippen MR) is 26.5 cm³/mol. The Hall–Kier alpha value is -0.810.